The normalized spacial score (nSPS) is 11.0. The van der Waals surface area contributed by atoms with E-state index in [9.17, 15) is 4.79 Å². The van der Waals surface area contributed by atoms with E-state index in [4.69, 9.17) is 4.74 Å². The third-order valence-corrected chi connectivity index (χ3v) is 3.52. The number of nitrogens with zero attached hydrogens (tertiary/aromatic N) is 3. The Morgan fingerprint density at radius 3 is 2.90 bits per heavy atom. The van der Waals surface area contributed by atoms with Gasteiger partial charge in [0, 0.05) is 6.42 Å². The Kier molecular flexibility index (Phi) is 4.89. The van der Waals surface area contributed by atoms with Crippen molar-refractivity contribution in [2.45, 2.75) is 46.1 Å². The Morgan fingerprint density at radius 1 is 1.50 bits per heavy atom. The van der Waals surface area contributed by atoms with Crippen molar-refractivity contribution in [3.8, 4) is 16.7 Å². The van der Waals surface area contributed by atoms with Crippen LogP contribution in [0.15, 0.2) is 17.5 Å². The lowest BCUT2D eigenvalue weighted by Crippen LogP contribution is -2.14. The molecule has 0 aliphatic carbocycles. The highest BCUT2D eigenvalue weighted by molar-refractivity contribution is 7.13. The van der Waals surface area contributed by atoms with Crippen LogP contribution in [-0.4, -0.2) is 26.8 Å². The van der Waals surface area contributed by atoms with E-state index < -0.39 is 0 Å². The molecule has 0 N–H and O–H groups in total. The number of carbonyl (C=O) groups is 1. The Labute approximate surface area is 122 Å². The lowest BCUT2D eigenvalue weighted by atomic mass is 10.2. The molecule has 0 unspecified atom stereocenters. The third kappa shape index (κ3) is 3.45. The Balaban J connectivity index is 2.32. The van der Waals surface area contributed by atoms with Crippen LogP contribution in [0.4, 0.5) is 0 Å². The molecular weight excluding hydrogens is 274 g/mol. The topological polar surface area (TPSA) is 57.0 Å². The van der Waals surface area contributed by atoms with Crippen LogP contribution in [0, 0.1) is 0 Å². The van der Waals surface area contributed by atoms with Crippen LogP contribution in [0.3, 0.4) is 0 Å². The standard InChI is InChI=1S/C14H19N3O2S/c1-4-5-8-12(18)17-13(11-7-6-9-20-11)15-14(16-17)19-10(2)3/h6-7,9-10H,4-5,8H2,1-3H3. The summed E-state index contributed by atoms with van der Waals surface area (Å²) < 4.78 is 6.87. The first-order valence-electron chi connectivity index (χ1n) is 6.82. The maximum atomic E-state index is 12.2. The van der Waals surface area contributed by atoms with Gasteiger partial charge < -0.3 is 4.74 Å². The first-order chi connectivity index (χ1) is 9.61. The largest absolute Gasteiger partial charge is 0.460 e. The van der Waals surface area contributed by atoms with Crippen molar-refractivity contribution in [1.82, 2.24) is 14.8 Å². The second-order valence-corrected chi connectivity index (χ2v) is 5.72. The molecule has 6 heteroatoms. The molecule has 0 amide bonds. The average molecular weight is 293 g/mol. The molecular formula is C14H19N3O2S. The van der Waals surface area contributed by atoms with Crippen molar-refractivity contribution in [3.05, 3.63) is 17.5 Å². The van der Waals surface area contributed by atoms with Gasteiger partial charge in [0.05, 0.1) is 11.0 Å². The number of ether oxygens (including phenoxy) is 1. The van der Waals surface area contributed by atoms with Gasteiger partial charge in [-0.05, 0) is 31.7 Å². The van der Waals surface area contributed by atoms with Crippen LogP contribution in [0.1, 0.15) is 44.8 Å². The predicted octanol–water partition coefficient (Wildman–Crippen LogP) is 3.62. The van der Waals surface area contributed by atoms with E-state index in [1.165, 1.54) is 16.0 Å². The van der Waals surface area contributed by atoms with Crippen molar-refractivity contribution >= 4 is 17.2 Å². The van der Waals surface area contributed by atoms with Crippen LogP contribution in [0.5, 0.6) is 6.01 Å². The summed E-state index contributed by atoms with van der Waals surface area (Å²) in [6.07, 6.45) is 2.28. The van der Waals surface area contributed by atoms with E-state index in [1.807, 2.05) is 31.4 Å². The first-order valence-corrected chi connectivity index (χ1v) is 7.70. The predicted molar refractivity (Wildman–Crippen MR) is 79.3 cm³/mol. The summed E-state index contributed by atoms with van der Waals surface area (Å²) in [5.41, 5.74) is 0. The maximum Gasteiger partial charge on any atom is 0.336 e. The van der Waals surface area contributed by atoms with Crippen molar-refractivity contribution in [3.63, 3.8) is 0 Å². The zero-order chi connectivity index (χ0) is 14.5. The number of thiophene rings is 1. The van der Waals surface area contributed by atoms with Crippen molar-refractivity contribution in [1.29, 1.82) is 0 Å². The lowest BCUT2D eigenvalue weighted by molar-refractivity contribution is 0.0882. The van der Waals surface area contributed by atoms with Gasteiger partial charge in [-0.25, -0.2) is 0 Å². The second kappa shape index (κ2) is 6.65. The molecule has 2 rings (SSSR count). The molecule has 5 nitrogen and oxygen atoms in total. The molecule has 0 saturated heterocycles. The van der Waals surface area contributed by atoms with Gasteiger partial charge in [-0.15, -0.1) is 16.4 Å². The van der Waals surface area contributed by atoms with E-state index in [1.54, 1.807) is 0 Å². The molecule has 0 aliphatic heterocycles. The number of hydrogen-bond acceptors (Lipinski definition) is 5. The summed E-state index contributed by atoms with van der Waals surface area (Å²) in [7, 11) is 0. The van der Waals surface area contributed by atoms with E-state index >= 15 is 0 Å². The van der Waals surface area contributed by atoms with Crippen LogP contribution < -0.4 is 4.74 Å². The maximum absolute atomic E-state index is 12.2. The van der Waals surface area contributed by atoms with E-state index in [0.29, 0.717) is 12.2 Å². The molecule has 0 spiro atoms. The van der Waals surface area contributed by atoms with E-state index in [0.717, 1.165) is 17.7 Å². The van der Waals surface area contributed by atoms with Gasteiger partial charge in [0.15, 0.2) is 5.82 Å². The van der Waals surface area contributed by atoms with Gasteiger partial charge in [0.1, 0.15) is 0 Å². The minimum Gasteiger partial charge on any atom is -0.460 e. The zero-order valence-corrected chi connectivity index (χ0v) is 12.8. The SMILES string of the molecule is CCCCC(=O)n1nc(OC(C)C)nc1-c1cccs1. The fraction of sp³-hybridized carbons (Fsp3) is 0.500. The lowest BCUT2D eigenvalue weighted by Gasteiger charge is -2.03. The smallest absolute Gasteiger partial charge is 0.336 e. The molecule has 20 heavy (non-hydrogen) atoms. The molecule has 0 bridgehead atoms. The van der Waals surface area contributed by atoms with E-state index in [-0.39, 0.29) is 18.0 Å². The molecule has 2 heterocycles. The fourth-order valence-corrected chi connectivity index (χ4v) is 2.43. The average Bonchev–Trinajstić information content (AvgIpc) is 3.03. The van der Waals surface area contributed by atoms with Gasteiger partial charge in [0.2, 0.25) is 5.91 Å². The van der Waals surface area contributed by atoms with Crippen molar-refractivity contribution in [2.75, 3.05) is 0 Å². The number of hydrogen-bond donors (Lipinski definition) is 0. The van der Waals surface area contributed by atoms with Crippen molar-refractivity contribution in [2.24, 2.45) is 0 Å². The van der Waals surface area contributed by atoms with Gasteiger partial charge in [-0.2, -0.15) is 9.67 Å². The van der Waals surface area contributed by atoms with Gasteiger partial charge in [-0.3, -0.25) is 4.79 Å². The first kappa shape index (κ1) is 14.7. The summed E-state index contributed by atoms with van der Waals surface area (Å²) >= 11 is 1.53. The van der Waals surface area contributed by atoms with Crippen LogP contribution in [0.2, 0.25) is 0 Å². The Bertz CT molecular complexity index is 561. The fourth-order valence-electron chi connectivity index (χ4n) is 1.73. The monoisotopic (exact) mass is 293 g/mol. The summed E-state index contributed by atoms with van der Waals surface area (Å²) in [4.78, 5) is 17.5. The second-order valence-electron chi connectivity index (χ2n) is 4.77. The molecule has 0 radical (unpaired) electrons. The van der Waals surface area contributed by atoms with Crippen molar-refractivity contribution < 1.29 is 9.53 Å². The minimum absolute atomic E-state index is 0.0206. The van der Waals surface area contributed by atoms with Gasteiger partial charge >= 0.3 is 6.01 Å². The summed E-state index contributed by atoms with van der Waals surface area (Å²) in [6.45, 7) is 5.87. The molecule has 108 valence electrons. The Morgan fingerprint density at radius 2 is 2.30 bits per heavy atom. The Hall–Kier alpha value is -1.69. The highest BCUT2D eigenvalue weighted by Gasteiger charge is 2.19. The molecule has 0 atom stereocenters. The van der Waals surface area contributed by atoms with Crippen LogP contribution in [-0.2, 0) is 0 Å². The van der Waals surface area contributed by atoms with Gasteiger partial charge in [-0.1, -0.05) is 19.4 Å². The number of unbranched alkanes of at least 4 members (excludes halogenated alkanes) is 1. The number of aromatic nitrogens is 3. The van der Waals surface area contributed by atoms with Crippen LogP contribution >= 0.6 is 11.3 Å². The quantitative estimate of drug-likeness (QED) is 0.816. The molecule has 2 aromatic heterocycles. The molecule has 2 aromatic rings. The highest BCUT2D eigenvalue weighted by atomic mass is 32.1. The number of carbonyl (C=O) groups excluding carboxylic acids is 1. The molecule has 0 saturated carbocycles. The summed E-state index contributed by atoms with van der Waals surface area (Å²) in [5, 5.41) is 6.15. The zero-order valence-electron chi connectivity index (χ0n) is 12.0. The summed E-state index contributed by atoms with van der Waals surface area (Å²) in [5.74, 6) is 0.526. The van der Waals surface area contributed by atoms with Crippen LogP contribution in [0.25, 0.3) is 10.7 Å². The highest BCUT2D eigenvalue weighted by Crippen LogP contribution is 2.25. The van der Waals surface area contributed by atoms with E-state index in [2.05, 4.69) is 17.0 Å². The molecule has 0 fully saturated rings. The molecule has 0 aliphatic rings. The number of rotatable bonds is 6. The van der Waals surface area contributed by atoms with Gasteiger partial charge in [0.25, 0.3) is 0 Å². The summed E-state index contributed by atoms with van der Waals surface area (Å²) in [6, 6.07) is 4.11. The third-order valence-electron chi connectivity index (χ3n) is 2.65. The minimum atomic E-state index is -0.0404. The molecule has 0 aromatic carbocycles.